The van der Waals surface area contributed by atoms with E-state index in [1.807, 2.05) is 6.07 Å². The van der Waals surface area contributed by atoms with Crippen molar-refractivity contribution in [1.82, 2.24) is 20.2 Å². The number of aromatic nitrogens is 4. The summed E-state index contributed by atoms with van der Waals surface area (Å²) in [6, 6.07) is 10.4. The molecular formula is C17H11Cl2N5OS. The minimum atomic E-state index is 0.194. The molecule has 0 radical (unpaired) electrons. The van der Waals surface area contributed by atoms with Gasteiger partial charge in [-0.05, 0) is 24.3 Å². The van der Waals surface area contributed by atoms with Gasteiger partial charge in [0.1, 0.15) is 10.8 Å². The third-order valence-corrected chi connectivity index (χ3v) is 5.26. The minimum Gasteiger partial charge on any atom is -0.508 e. The number of hydrogen-bond acceptors (Lipinski definition) is 7. The number of rotatable bonds is 4. The third kappa shape index (κ3) is 3.41. The molecule has 26 heavy (non-hydrogen) atoms. The molecule has 0 spiro atoms. The predicted octanol–water partition coefficient (Wildman–Crippen LogP) is 4.77. The van der Waals surface area contributed by atoms with Crippen molar-refractivity contribution in [2.75, 3.05) is 5.32 Å². The molecule has 2 N–H and O–H groups in total. The lowest BCUT2D eigenvalue weighted by atomic mass is 10.1. The number of phenolic OH excluding ortho intramolecular Hbond substituents is 1. The molecule has 0 amide bonds. The van der Waals surface area contributed by atoms with Gasteiger partial charge < -0.3 is 10.4 Å². The lowest BCUT2D eigenvalue weighted by molar-refractivity contribution is 0.476. The van der Waals surface area contributed by atoms with Crippen LogP contribution in [0.3, 0.4) is 0 Å². The van der Waals surface area contributed by atoms with Crippen molar-refractivity contribution in [2.45, 2.75) is 6.54 Å². The topological polar surface area (TPSA) is 83.8 Å². The van der Waals surface area contributed by atoms with Crippen molar-refractivity contribution >= 4 is 50.7 Å². The zero-order valence-corrected chi connectivity index (χ0v) is 15.5. The maximum absolute atomic E-state index is 9.53. The third-order valence-electron chi connectivity index (χ3n) is 3.59. The van der Waals surface area contributed by atoms with E-state index in [9.17, 15) is 5.11 Å². The van der Waals surface area contributed by atoms with Crippen LogP contribution in [-0.4, -0.2) is 25.3 Å². The molecular weight excluding hydrogens is 393 g/mol. The summed E-state index contributed by atoms with van der Waals surface area (Å²) in [5.74, 6) is 0.541. The van der Waals surface area contributed by atoms with Crippen molar-refractivity contribution in [3.05, 3.63) is 57.6 Å². The van der Waals surface area contributed by atoms with E-state index in [0.29, 0.717) is 33.8 Å². The van der Waals surface area contributed by atoms with Gasteiger partial charge in [0.05, 0.1) is 38.7 Å². The van der Waals surface area contributed by atoms with Gasteiger partial charge in [-0.15, -0.1) is 16.4 Å². The SMILES string of the molecule is Oc1ccc2sc(CNc3nncc(-c4c(Cl)cccc4Cl)n3)nc2c1. The molecule has 2 aromatic heterocycles. The fraction of sp³-hybridized carbons (Fsp3) is 0.0588. The number of halogens is 2. The first-order valence-corrected chi connectivity index (χ1v) is 9.14. The number of phenols is 1. The molecule has 0 saturated heterocycles. The Labute approximate surface area is 162 Å². The molecule has 130 valence electrons. The van der Waals surface area contributed by atoms with Gasteiger partial charge in [0, 0.05) is 11.6 Å². The van der Waals surface area contributed by atoms with Gasteiger partial charge in [0.2, 0.25) is 5.95 Å². The Kier molecular flexibility index (Phi) is 4.58. The summed E-state index contributed by atoms with van der Waals surface area (Å²) in [6.45, 7) is 0.432. The molecule has 0 atom stereocenters. The quantitative estimate of drug-likeness (QED) is 0.510. The highest BCUT2D eigenvalue weighted by atomic mass is 35.5. The smallest absolute Gasteiger partial charge is 0.243 e. The molecule has 0 fully saturated rings. The number of nitrogens with zero attached hydrogens (tertiary/aromatic N) is 4. The standard InChI is InChI=1S/C17H11Cl2N5OS/c18-10-2-1-3-11(19)16(10)13-7-21-24-17(23-13)20-8-15-22-12-6-9(25)4-5-14(12)26-15/h1-7,25H,8H2,(H,20,23,24). The fourth-order valence-electron chi connectivity index (χ4n) is 2.44. The van der Waals surface area contributed by atoms with E-state index in [-0.39, 0.29) is 5.75 Å². The molecule has 0 unspecified atom stereocenters. The first-order valence-electron chi connectivity index (χ1n) is 7.56. The summed E-state index contributed by atoms with van der Waals surface area (Å²) >= 11 is 14.0. The second-order valence-corrected chi connectivity index (χ2v) is 7.30. The van der Waals surface area contributed by atoms with Crippen LogP contribution in [0.2, 0.25) is 10.0 Å². The highest BCUT2D eigenvalue weighted by Gasteiger charge is 2.12. The van der Waals surface area contributed by atoms with E-state index in [0.717, 1.165) is 15.2 Å². The summed E-state index contributed by atoms with van der Waals surface area (Å²) in [5.41, 5.74) is 1.90. The molecule has 2 heterocycles. The van der Waals surface area contributed by atoms with Gasteiger partial charge in [-0.3, -0.25) is 0 Å². The number of benzene rings is 2. The second kappa shape index (κ2) is 7.03. The molecule has 0 bridgehead atoms. The summed E-state index contributed by atoms with van der Waals surface area (Å²) in [6.07, 6.45) is 1.51. The highest BCUT2D eigenvalue weighted by molar-refractivity contribution is 7.18. The number of anilines is 1. The van der Waals surface area contributed by atoms with E-state index in [1.165, 1.54) is 17.5 Å². The van der Waals surface area contributed by atoms with Crippen molar-refractivity contribution in [3.8, 4) is 17.0 Å². The molecule has 4 rings (SSSR count). The van der Waals surface area contributed by atoms with Crippen LogP contribution in [0.4, 0.5) is 5.95 Å². The monoisotopic (exact) mass is 403 g/mol. The first-order chi connectivity index (χ1) is 12.6. The number of hydrogen-bond donors (Lipinski definition) is 2. The van der Waals surface area contributed by atoms with Gasteiger partial charge in [0.15, 0.2) is 0 Å². The molecule has 0 saturated carbocycles. The first kappa shape index (κ1) is 17.0. The average molecular weight is 404 g/mol. The Morgan fingerprint density at radius 1 is 1.08 bits per heavy atom. The lowest BCUT2D eigenvalue weighted by Crippen LogP contribution is -2.05. The zero-order chi connectivity index (χ0) is 18.1. The molecule has 0 aliphatic rings. The molecule has 6 nitrogen and oxygen atoms in total. The van der Waals surface area contributed by atoms with Gasteiger partial charge in [-0.1, -0.05) is 29.3 Å². The van der Waals surface area contributed by atoms with Crippen molar-refractivity contribution in [3.63, 3.8) is 0 Å². The minimum absolute atomic E-state index is 0.194. The Balaban J connectivity index is 1.57. The van der Waals surface area contributed by atoms with E-state index in [2.05, 4.69) is 25.5 Å². The average Bonchev–Trinajstić information content (AvgIpc) is 3.02. The van der Waals surface area contributed by atoms with Crippen LogP contribution in [0, 0.1) is 0 Å². The van der Waals surface area contributed by atoms with Crippen molar-refractivity contribution in [2.24, 2.45) is 0 Å². The van der Waals surface area contributed by atoms with Crippen LogP contribution in [0.5, 0.6) is 5.75 Å². The van der Waals surface area contributed by atoms with Gasteiger partial charge in [0.25, 0.3) is 0 Å². The van der Waals surface area contributed by atoms with Crippen LogP contribution in [0.25, 0.3) is 21.5 Å². The van der Waals surface area contributed by atoms with Crippen LogP contribution < -0.4 is 5.32 Å². The molecule has 4 aromatic rings. The van der Waals surface area contributed by atoms with Crippen LogP contribution in [0.1, 0.15) is 5.01 Å². The Morgan fingerprint density at radius 3 is 2.69 bits per heavy atom. The number of nitrogens with one attached hydrogen (secondary N) is 1. The largest absolute Gasteiger partial charge is 0.508 e. The molecule has 2 aromatic carbocycles. The van der Waals surface area contributed by atoms with Crippen LogP contribution in [-0.2, 0) is 6.54 Å². The van der Waals surface area contributed by atoms with Gasteiger partial charge >= 0.3 is 0 Å². The van der Waals surface area contributed by atoms with E-state index in [4.69, 9.17) is 23.2 Å². The number of fused-ring (bicyclic) bond motifs is 1. The summed E-state index contributed by atoms with van der Waals surface area (Å²) < 4.78 is 0.996. The molecule has 9 heteroatoms. The van der Waals surface area contributed by atoms with Crippen LogP contribution >= 0.6 is 34.5 Å². The van der Waals surface area contributed by atoms with E-state index in [1.54, 1.807) is 30.3 Å². The Morgan fingerprint density at radius 2 is 1.88 bits per heavy atom. The maximum Gasteiger partial charge on any atom is 0.243 e. The Hall–Kier alpha value is -2.48. The number of thiazole rings is 1. The summed E-state index contributed by atoms with van der Waals surface area (Å²) in [7, 11) is 0. The van der Waals surface area contributed by atoms with Gasteiger partial charge in [-0.2, -0.15) is 5.10 Å². The summed E-state index contributed by atoms with van der Waals surface area (Å²) in [5, 5.41) is 22.4. The predicted molar refractivity (Wildman–Crippen MR) is 104 cm³/mol. The summed E-state index contributed by atoms with van der Waals surface area (Å²) in [4.78, 5) is 8.91. The maximum atomic E-state index is 9.53. The van der Waals surface area contributed by atoms with Crippen molar-refractivity contribution < 1.29 is 5.11 Å². The van der Waals surface area contributed by atoms with Crippen molar-refractivity contribution in [1.29, 1.82) is 0 Å². The van der Waals surface area contributed by atoms with E-state index >= 15 is 0 Å². The molecule has 0 aliphatic carbocycles. The zero-order valence-electron chi connectivity index (χ0n) is 13.1. The normalized spacial score (nSPS) is 11.0. The second-order valence-electron chi connectivity index (χ2n) is 5.38. The van der Waals surface area contributed by atoms with Crippen LogP contribution in [0.15, 0.2) is 42.6 Å². The van der Waals surface area contributed by atoms with E-state index < -0.39 is 0 Å². The number of aromatic hydroxyl groups is 1. The van der Waals surface area contributed by atoms with Gasteiger partial charge in [-0.25, -0.2) is 9.97 Å². The molecule has 0 aliphatic heterocycles. The lowest BCUT2D eigenvalue weighted by Gasteiger charge is -2.07. The Bertz CT molecular complexity index is 1080. The highest BCUT2D eigenvalue weighted by Crippen LogP contribution is 2.33. The fourth-order valence-corrected chi connectivity index (χ4v) is 3.91.